The summed E-state index contributed by atoms with van der Waals surface area (Å²) in [5, 5.41) is 2.73. The summed E-state index contributed by atoms with van der Waals surface area (Å²) < 4.78 is 7.50. The van der Waals surface area contributed by atoms with Crippen molar-refractivity contribution in [1.29, 1.82) is 0 Å². The summed E-state index contributed by atoms with van der Waals surface area (Å²) in [5.41, 5.74) is -0.522. The zero-order chi connectivity index (χ0) is 19.1. The Morgan fingerprint density at radius 3 is 2.81 bits per heavy atom. The summed E-state index contributed by atoms with van der Waals surface area (Å²) in [5.74, 6) is 1.52. The number of carbonyl (C=O) groups is 1. The molecule has 1 amide bonds. The van der Waals surface area contributed by atoms with E-state index in [1.165, 1.54) is 6.20 Å². The standard InChI is InChI=1S/C19H21N5O3/c1-2-17-20-8-10-24(17)11-9-21-18(25)15-12-22-16(23-19(15)26)13-27-14-6-4-3-5-7-14/h3-8,10,12H,2,9,11,13H2,1H3,(H,21,25)(H,22,23,26). The molecule has 0 aliphatic rings. The van der Waals surface area contributed by atoms with E-state index >= 15 is 0 Å². The predicted molar refractivity (Wildman–Crippen MR) is 99.6 cm³/mol. The molecule has 2 heterocycles. The third-order valence-corrected chi connectivity index (χ3v) is 3.97. The molecule has 1 aromatic carbocycles. The number of hydrogen-bond acceptors (Lipinski definition) is 5. The largest absolute Gasteiger partial charge is 0.486 e. The maximum Gasteiger partial charge on any atom is 0.263 e. The van der Waals surface area contributed by atoms with Gasteiger partial charge in [-0.1, -0.05) is 25.1 Å². The van der Waals surface area contributed by atoms with Gasteiger partial charge in [0.05, 0.1) is 0 Å². The van der Waals surface area contributed by atoms with Crippen LogP contribution in [0.25, 0.3) is 0 Å². The van der Waals surface area contributed by atoms with E-state index in [0.717, 1.165) is 12.2 Å². The van der Waals surface area contributed by atoms with Crippen molar-refractivity contribution in [2.45, 2.75) is 26.5 Å². The molecule has 0 saturated heterocycles. The van der Waals surface area contributed by atoms with Crippen molar-refractivity contribution < 1.29 is 9.53 Å². The van der Waals surface area contributed by atoms with Crippen molar-refractivity contribution >= 4 is 5.91 Å². The number of para-hydroxylation sites is 1. The molecule has 3 aromatic rings. The van der Waals surface area contributed by atoms with Crippen LogP contribution in [0.3, 0.4) is 0 Å². The molecule has 0 bridgehead atoms. The van der Waals surface area contributed by atoms with Crippen molar-refractivity contribution in [2.75, 3.05) is 6.54 Å². The number of carbonyl (C=O) groups excluding carboxylic acids is 1. The molecule has 27 heavy (non-hydrogen) atoms. The predicted octanol–water partition coefficient (Wildman–Crippen LogP) is 1.54. The number of aryl methyl sites for hydroxylation is 1. The summed E-state index contributed by atoms with van der Waals surface area (Å²) in [6.07, 6.45) is 5.68. The van der Waals surface area contributed by atoms with Crippen LogP contribution < -0.4 is 15.6 Å². The van der Waals surface area contributed by atoms with E-state index in [-0.39, 0.29) is 12.2 Å². The molecule has 0 radical (unpaired) electrons. The Bertz CT molecular complexity index is 949. The monoisotopic (exact) mass is 367 g/mol. The lowest BCUT2D eigenvalue weighted by molar-refractivity contribution is 0.0950. The molecule has 0 aliphatic heterocycles. The van der Waals surface area contributed by atoms with Gasteiger partial charge >= 0.3 is 0 Å². The van der Waals surface area contributed by atoms with Gasteiger partial charge in [-0.05, 0) is 12.1 Å². The fourth-order valence-electron chi connectivity index (χ4n) is 2.58. The molecule has 0 saturated carbocycles. The van der Waals surface area contributed by atoms with Crippen LogP contribution in [0.4, 0.5) is 0 Å². The molecule has 140 valence electrons. The summed E-state index contributed by atoms with van der Waals surface area (Å²) >= 11 is 0. The second-order valence-electron chi connectivity index (χ2n) is 5.82. The van der Waals surface area contributed by atoms with Crippen LogP contribution in [-0.2, 0) is 19.6 Å². The second-order valence-corrected chi connectivity index (χ2v) is 5.82. The van der Waals surface area contributed by atoms with Gasteiger partial charge in [0.1, 0.15) is 29.6 Å². The molecule has 2 N–H and O–H groups in total. The number of H-pyrrole nitrogens is 1. The minimum Gasteiger partial charge on any atom is -0.486 e. The van der Waals surface area contributed by atoms with E-state index in [0.29, 0.717) is 24.7 Å². The van der Waals surface area contributed by atoms with Gasteiger partial charge in [0.2, 0.25) is 0 Å². The zero-order valence-corrected chi connectivity index (χ0v) is 15.0. The molecule has 0 spiro atoms. The molecule has 2 aromatic heterocycles. The third kappa shape index (κ3) is 4.81. The molecule has 0 unspecified atom stereocenters. The first-order valence-electron chi connectivity index (χ1n) is 8.71. The van der Waals surface area contributed by atoms with E-state index in [4.69, 9.17) is 4.74 Å². The number of aromatic nitrogens is 4. The highest BCUT2D eigenvalue weighted by Crippen LogP contribution is 2.09. The molecule has 8 nitrogen and oxygen atoms in total. The molecule has 3 rings (SSSR count). The summed E-state index contributed by atoms with van der Waals surface area (Å²) in [4.78, 5) is 35.3. The zero-order valence-electron chi connectivity index (χ0n) is 15.0. The van der Waals surface area contributed by atoms with Gasteiger partial charge in [-0.15, -0.1) is 0 Å². The van der Waals surface area contributed by atoms with Gasteiger partial charge in [-0.2, -0.15) is 0 Å². The first-order valence-corrected chi connectivity index (χ1v) is 8.71. The van der Waals surface area contributed by atoms with Crippen LogP contribution in [0.1, 0.15) is 28.9 Å². The lowest BCUT2D eigenvalue weighted by atomic mass is 10.3. The van der Waals surface area contributed by atoms with Crippen molar-refractivity contribution in [2.24, 2.45) is 0 Å². The van der Waals surface area contributed by atoms with Gasteiger partial charge in [0, 0.05) is 38.1 Å². The quantitative estimate of drug-likeness (QED) is 0.629. The smallest absolute Gasteiger partial charge is 0.263 e. The van der Waals surface area contributed by atoms with Crippen LogP contribution in [0.2, 0.25) is 0 Å². The highest BCUT2D eigenvalue weighted by Gasteiger charge is 2.12. The average molecular weight is 367 g/mol. The van der Waals surface area contributed by atoms with Gasteiger partial charge in [-0.25, -0.2) is 9.97 Å². The average Bonchev–Trinajstić information content (AvgIpc) is 3.14. The molecule has 0 atom stereocenters. The fourth-order valence-corrected chi connectivity index (χ4v) is 2.58. The molecule has 0 aliphatic carbocycles. The number of imidazole rings is 1. The number of ether oxygens (including phenoxy) is 1. The molecule has 0 fully saturated rings. The van der Waals surface area contributed by atoms with E-state index in [9.17, 15) is 9.59 Å². The first kappa shape index (κ1) is 18.4. The van der Waals surface area contributed by atoms with Crippen LogP contribution in [0, 0.1) is 0 Å². The normalized spacial score (nSPS) is 10.6. The van der Waals surface area contributed by atoms with E-state index < -0.39 is 11.5 Å². The Hall–Kier alpha value is -3.42. The summed E-state index contributed by atoms with van der Waals surface area (Å²) in [7, 11) is 0. The van der Waals surface area contributed by atoms with Crippen molar-refractivity contribution in [1.82, 2.24) is 24.8 Å². The molecular formula is C19H21N5O3. The highest BCUT2D eigenvalue weighted by atomic mass is 16.5. The van der Waals surface area contributed by atoms with Crippen LogP contribution in [0.5, 0.6) is 5.75 Å². The number of nitrogens with zero attached hydrogens (tertiary/aromatic N) is 3. The first-order chi connectivity index (χ1) is 13.2. The number of rotatable bonds is 8. The van der Waals surface area contributed by atoms with Crippen LogP contribution >= 0.6 is 0 Å². The topological polar surface area (TPSA) is 102 Å². The van der Waals surface area contributed by atoms with Crippen LogP contribution in [0.15, 0.2) is 53.7 Å². The number of benzene rings is 1. The Labute approximate surface area is 156 Å². The summed E-state index contributed by atoms with van der Waals surface area (Å²) in [6.45, 7) is 3.11. The number of aromatic amines is 1. The lowest BCUT2D eigenvalue weighted by Crippen LogP contribution is -2.32. The molecular weight excluding hydrogens is 346 g/mol. The SMILES string of the molecule is CCc1nccn1CCNC(=O)c1cnc(COc2ccccc2)[nH]c1=O. The maximum atomic E-state index is 12.2. The van der Waals surface area contributed by atoms with Gasteiger partial charge in [0.25, 0.3) is 11.5 Å². The van der Waals surface area contributed by atoms with Gasteiger partial charge < -0.3 is 19.6 Å². The van der Waals surface area contributed by atoms with Crippen LogP contribution in [-0.4, -0.2) is 32.0 Å². The third-order valence-electron chi connectivity index (χ3n) is 3.97. The van der Waals surface area contributed by atoms with Crippen molar-refractivity contribution in [3.05, 3.63) is 76.5 Å². The van der Waals surface area contributed by atoms with Gasteiger partial charge in [-0.3, -0.25) is 9.59 Å². The summed E-state index contributed by atoms with van der Waals surface area (Å²) in [6, 6.07) is 9.21. The highest BCUT2D eigenvalue weighted by molar-refractivity contribution is 5.93. The maximum absolute atomic E-state index is 12.2. The van der Waals surface area contributed by atoms with E-state index in [1.54, 1.807) is 6.20 Å². The second kappa shape index (κ2) is 8.79. The Morgan fingerprint density at radius 2 is 2.07 bits per heavy atom. The van der Waals surface area contributed by atoms with Crippen molar-refractivity contribution in [3.63, 3.8) is 0 Å². The van der Waals surface area contributed by atoms with E-state index in [2.05, 4.69) is 20.3 Å². The Balaban J connectivity index is 1.55. The Kier molecular flexibility index (Phi) is 5.98. The molecule has 8 heteroatoms. The van der Waals surface area contributed by atoms with Gasteiger partial charge in [0.15, 0.2) is 0 Å². The van der Waals surface area contributed by atoms with E-state index in [1.807, 2.05) is 48.0 Å². The Morgan fingerprint density at radius 1 is 1.26 bits per heavy atom. The number of nitrogens with one attached hydrogen (secondary N) is 2. The minimum absolute atomic E-state index is 0.0280. The minimum atomic E-state index is -0.494. The number of hydrogen-bond donors (Lipinski definition) is 2. The fraction of sp³-hybridized carbons (Fsp3) is 0.263. The lowest BCUT2D eigenvalue weighted by Gasteiger charge is -2.08. The number of amides is 1. The van der Waals surface area contributed by atoms with Crippen molar-refractivity contribution in [3.8, 4) is 5.75 Å².